The van der Waals surface area contributed by atoms with Crippen LogP contribution in [0.2, 0.25) is 0 Å². The number of nitrogens with zero attached hydrogens (tertiary/aromatic N) is 2. The molecule has 1 saturated carbocycles. The highest BCUT2D eigenvalue weighted by Crippen LogP contribution is 2.43. The van der Waals surface area contributed by atoms with Gasteiger partial charge in [0.05, 0.1) is 6.07 Å². The van der Waals surface area contributed by atoms with Gasteiger partial charge in [0.1, 0.15) is 11.5 Å². The number of carbonyl (C=O) groups is 2. The molecule has 15 heavy (non-hydrogen) atoms. The van der Waals surface area contributed by atoms with Crippen molar-refractivity contribution in [1.29, 1.82) is 5.26 Å². The van der Waals surface area contributed by atoms with Crippen molar-refractivity contribution in [2.24, 2.45) is 11.1 Å². The summed E-state index contributed by atoms with van der Waals surface area (Å²) < 4.78 is 0. The second-order valence-corrected chi connectivity index (χ2v) is 4.25. The molecule has 2 aliphatic rings. The Hall–Kier alpha value is -1.57. The average Bonchev–Trinajstić information content (AvgIpc) is 1.99. The number of nitrogens with two attached hydrogens (primary N) is 1. The van der Waals surface area contributed by atoms with Crippen molar-refractivity contribution in [2.75, 3.05) is 6.54 Å². The Morgan fingerprint density at radius 3 is 2.40 bits per heavy atom. The Morgan fingerprint density at radius 2 is 2.13 bits per heavy atom. The summed E-state index contributed by atoms with van der Waals surface area (Å²) in [7, 11) is 0. The molecule has 1 heterocycles. The molecule has 2 N–H and O–H groups in total. The summed E-state index contributed by atoms with van der Waals surface area (Å²) in [5.41, 5.74) is 4.30. The summed E-state index contributed by atoms with van der Waals surface area (Å²) >= 11 is 0. The lowest BCUT2D eigenvalue weighted by Gasteiger charge is -2.45. The lowest BCUT2D eigenvalue weighted by Crippen LogP contribution is -2.61. The zero-order valence-corrected chi connectivity index (χ0v) is 8.40. The molecular formula is C10H13N3O2. The minimum atomic E-state index is -0.853. The first-order valence-electron chi connectivity index (χ1n) is 5.12. The fourth-order valence-electron chi connectivity index (χ4n) is 2.10. The lowest BCUT2D eigenvalue weighted by molar-refractivity contribution is -0.155. The molecule has 0 aromatic carbocycles. The van der Waals surface area contributed by atoms with E-state index in [1.807, 2.05) is 0 Å². The number of hydrogen-bond acceptors (Lipinski definition) is 3. The summed E-state index contributed by atoms with van der Waals surface area (Å²) in [4.78, 5) is 24.4. The fourth-order valence-corrected chi connectivity index (χ4v) is 2.10. The van der Waals surface area contributed by atoms with Crippen LogP contribution in [0.1, 0.15) is 25.7 Å². The molecule has 2 fully saturated rings. The maximum absolute atomic E-state index is 12.0. The Morgan fingerprint density at radius 1 is 1.47 bits per heavy atom. The van der Waals surface area contributed by atoms with E-state index < -0.39 is 17.4 Å². The molecule has 0 aromatic rings. The van der Waals surface area contributed by atoms with Crippen molar-refractivity contribution in [1.82, 2.24) is 4.90 Å². The topological polar surface area (TPSA) is 87.2 Å². The summed E-state index contributed by atoms with van der Waals surface area (Å²) in [5, 5.41) is 8.99. The molecule has 5 heteroatoms. The number of primary amides is 1. The first-order chi connectivity index (χ1) is 7.10. The molecule has 80 valence electrons. The number of nitriles is 1. The SMILES string of the molecule is N#CC1(C(=O)N2CCC2C(N)=O)CCC1. The summed E-state index contributed by atoms with van der Waals surface area (Å²) in [6, 6.07) is 1.60. The van der Waals surface area contributed by atoms with E-state index in [1.165, 1.54) is 4.90 Å². The van der Waals surface area contributed by atoms with Crippen LogP contribution in [0.5, 0.6) is 0 Å². The minimum Gasteiger partial charge on any atom is -0.368 e. The van der Waals surface area contributed by atoms with Crippen LogP contribution < -0.4 is 5.73 Å². The molecular weight excluding hydrogens is 194 g/mol. The molecule has 5 nitrogen and oxygen atoms in total. The Bertz CT molecular complexity index is 354. The van der Waals surface area contributed by atoms with Crippen molar-refractivity contribution >= 4 is 11.8 Å². The molecule has 0 radical (unpaired) electrons. The quantitative estimate of drug-likeness (QED) is 0.678. The third-order valence-electron chi connectivity index (χ3n) is 3.44. The number of carbonyl (C=O) groups excluding carboxylic acids is 2. The number of hydrogen-bond donors (Lipinski definition) is 1. The molecule has 1 aliphatic carbocycles. The maximum Gasteiger partial charge on any atom is 0.243 e. The van der Waals surface area contributed by atoms with Gasteiger partial charge < -0.3 is 10.6 Å². The van der Waals surface area contributed by atoms with Crippen molar-refractivity contribution in [3.05, 3.63) is 0 Å². The van der Waals surface area contributed by atoms with Crippen molar-refractivity contribution in [3.63, 3.8) is 0 Å². The zero-order valence-electron chi connectivity index (χ0n) is 8.40. The zero-order chi connectivity index (χ0) is 11.1. The maximum atomic E-state index is 12.0. The van der Waals surface area contributed by atoms with E-state index in [1.54, 1.807) is 0 Å². The fraction of sp³-hybridized carbons (Fsp3) is 0.700. The highest BCUT2D eigenvalue weighted by Gasteiger charge is 2.51. The third-order valence-corrected chi connectivity index (χ3v) is 3.44. The predicted molar refractivity (Wildman–Crippen MR) is 51.2 cm³/mol. The van der Waals surface area contributed by atoms with Crippen molar-refractivity contribution in [3.8, 4) is 6.07 Å². The Balaban J connectivity index is 2.09. The molecule has 2 rings (SSSR count). The highest BCUT2D eigenvalue weighted by atomic mass is 16.2. The van der Waals surface area contributed by atoms with E-state index in [-0.39, 0.29) is 5.91 Å². The molecule has 2 amide bonds. The number of rotatable bonds is 2. The van der Waals surface area contributed by atoms with Crippen molar-refractivity contribution < 1.29 is 9.59 Å². The third kappa shape index (κ3) is 1.29. The van der Waals surface area contributed by atoms with Crippen LogP contribution in [0, 0.1) is 16.7 Å². The molecule has 1 aliphatic heterocycles. The molecule has 1 saturated heterocycles. The van der Waals surface area contributed by atoms with Crippen molar-refractivity contribution in [2.45, 2.75) is 31.7 Å². The van der Waals surface area contributed by atoms with Crippen LogP contribution in [-0.4, -0.2) is 29.3 Å². The van der Waals surface area contributed by atoms with Gasteiger partial charge in [-0.25, -0.2) is 0 Å². The largest absolute Gasteiger partial charge is 0.368 e. The minimum absolute atomic E-state index is 0.202. The molecule has 1 atom stereocenters. The Labute approximate surface area is 87.8 Å². The number of amides is 2. The van der Waals surface area contributed by atoms with Crippen LogP contribution in [0.3, 0.4) is 0 Å². The number of likely N-dealkylation sites (tertiary alicyclic amines) is 1. The van der Waals surface area contributed by atoms with E-state index in [2.05, 4.69) is 6.07 Å². The van der Waals surface area contributed by atoms with Crippen LogP contribution in [0.15, 0.2) is 0 Å². The molecule has 1 unspecified atom stereocenters. The standard InChI is InChI=1S/C10H13N3O2/c11-6-10(3-1-4-10)9(15)13-5-2-7(13)8(12)14/h7H,1-5H2,(H2,12,14). The normalized spacial score (nSPS) is 27.1. The monoisotopic (exact) mass is 207 g/mol. The first kappa shape index (κ1) is 9.97. The van der Waals surface area contributed by atoms with Crippen LogP contribution in [0.4, 0.5) is 0 Å². The lowest BCUT2D eigenvalue weighted by atomic mass is 9.68. The van der Waals surface area contributed by atoms with Gasteiger partial charge in [-0.1, -0.05) is 0 Å². The molecule has 0 aromatic heterocycles. The van der Waals surface area contributed by atoms with Gasteiger partial charge in [0.25, 0.3) is 0 Å². The van der Waals surface area contributed by atoms with E-state index >= 15 is 0 Å². The van der Waals surface area contributed by atoms with Crippen LogP contribution >= 0.6 is 0 Å². The smallest absolute Gasteiger partial charge is 0.243 e. The van der Waals surface area contributed by atoms with E-state index in [9.17, 15) is 9.59 Å². The van der Waals surface area contributed by atoms with Gasteiger partial charge in [0.15, 0.2) is 0 Å². The Kier molecular flexibility index (Phi) is 2.14. The average molecular weight is 207 g/mol. The summed E-state index contributed by atoms with van der Waals surface area (Å²) in [6.45, 7) is 0.551. The summed E-state index contributed by atoms with van der Waals surface area (Å²) in [6.07, 6.45) is 2.77. The second kappa shape index (κ2) is 3.23. The highest BCUT2D eigenvalue weighted by molar-refractivity contribution is 5.92. The van der Waals surface area contributed by atoms with Gasteiger partial charge in [0, 0.05) is 6.54 Å². The van der Waals surface area contributed by atoms with E-state index in [0.29, 0.717) is 25.8 Å². The first-order valence-corrected chi connectivity index (χ1v) is 5.12. The second-order valence-electron chi connectivity index (χ2n) is 4.25. The van der Waals surface area contributed by atoms with Gasteiger partial charge in [-0.3, -0.25) is 9.59 Å². The molecule has 0 bridgehead atoms. The van der Waals surface area contributed by atoms with Gasteiger partial charge in [0.2, 0.25) is 11.8 Å². The van der Waals surface area contributed by atoms with Gasteiger partial charge >= 0.3 is 0 Å². The van der Waals surface area contributed by atoms with Gasteiger partial charge in [-0.15, -0.1) is 0 Å². The van der Waals surface area contributed by atoms with E-state index in [4.69, 9.17) is 11.0 Å². The van der Waals surface area contributed by atoms with Gasteiger partial charge in [-0.05, 0) is 25.7 Å². The van der Waals surface area contributed by atoms with E-state index in [0.717, 1.165) is 6.42 Å². The molecule has 0 spiro atoms. The predicted octanol–water partition coefficient (Wildman–Crippen LogP) is -0.234. The summed E-state index contributed by atoms with van der Waals surface area (Å²) in [5.74, 6) is -0.673. The van der Waals surface area contributed by atoms with Crippen LogP contribution in [0.25, 0.3) is 0 Å². The van der Waals surface area contributed by atoms with Gasteiger partial charge in [-0.2, -0.15) is 5.26 Å². The van der Waals surface area contributed by atoms with Crippen LogP contribution in [-0.2, 0) is 9.59 Å².